The van der Waals surface area contributed by atoms with Crippen molar-refractivity contribution in [2.75, 3.05) is 6.61 Å². The molecule has 160 valence electrons. The first-order valence-electron chi connectivity index (χ1n) is 12.7. The fourth-order valence-corrected chi connectivity index (χ4v) is 8.89. The van der Waals surface area contributed by atoms with Crippen molar-refractivity contribution >= 4 is 0 Å². The summed E-state index contributed by atoms with van der Waals surface area (Å²) in [6.07, 6.45) is 20.6. The summed E-state index contributed by atoms with van der Waals surface area (Å²) >= 11 is 0. The Morgan fingerprint density at radius 3 is 2.43 bits per heavy atom. The minimum Gasteiger partial charge on any atom is -0.396 e. The van der Waals surface area contributed by atoms with Gasteiger partial charge in [-0.15, -0.1) is 0 Å². The smallest absolute Gasteiger partial charge is 0.0496 e. The topological polar surface area (TPSA) is 20.2 Å². The Labute approximate surface area is 174 Å². The molecule has 0 aliphatic heterocycles. The van der Waals surface area contributed by atoms with Gasteiger partial charge in [-0.25, -0.2) is 0 Å². The van der Waals surface area contributed by atoms with Crippen LogP contribution in [0.1, 0.15) is 98.3 Å². The van der Waals surface area contributed by atoms with E-state index in [0.717, 1.165) is 30.1 Å². The van der Waals surface area contributed by atoms with Crippen molar-refractivity contribution in [2.45, 2.75) is 98.3 Å². The molecule has 1 unspecified atom stereocenters. The van der Waals surface area contributed by atoms with Gasteiger partial charge in [0.2, 0.25) is 0 Å². The first-order chi connectivity index (χ1) is 13.4. The summed E-state index contributed by atoms with van der Waals surface area (Å²) in [5, 5.41) is 10.2. The van der Waals surface area contributed by atoms with Gasteiger partial charge < -0.3 is 5.11 Å². The van der Waals surface area contributed by atoms with E-state index in [2.05, 4.69) is 39.8 Å². The van der Waals surface area contributed by atoms with Crippen molar-refractivity contribution in [1.82, 2.24) is 0 Å². The van der Waals surface area contributed by atoms with Crippen LogP contribution in [0.25, 0.3) is 0 Å². The van der Waals surface area contributed by atoms with Crippen LogP contribution in [0.15, 0.2) is 12.2 Å². The minimum atomic E-state index is 0.343. The van der Waals surface area contributed by atoms with E-state index < -0.39 is 0 Å². The Hall–Kier alpha value is -0.300. The lowest BCUT2D eigenvalue weighted by Gasteiger charge is -2.60. The highest BCUT2D eigenvalue weighted by atomic mass is 16.3. The molecule has 0 saturated heterocycles. The van der Waals surface area contributed by atoms with Crippen LogP contribution in [-0.2, 0) is 0 Å². The average molecular weight is 387 g/mol. The molecule has 4 fully saturated rings. The molecule has 4 rings (SSSR count). The molecule has 1 N–H and O–H groups in total. The zero-order valence-corrected chi connectivity index (χ0v) is 19.1. The van der Waals surface area contributed by atoms with E-state index in [1.54, 1.807) is 0 Å². The second kappa shape index (κ2) is 8.09. The van der Waals surface area contributed by atoms with Gasteiger partial charge in [-0.05, 0) is 104 Å². The fourth-order valence-electron chi connectivity index (χ4n) is 8.89. The van der Waals surface area contributed by atoms with E-state index in [-0.39, 0.29) is 0 Å². The van der Waals surface area contributed by atoms with Crippen molar-refractivity contribution in [3.8, 4) is 0 Å². The Morgan fingerprint density at radius 1 is 0.893 bits per heavy atom. The molecule has 4 aliphatic carbocycles. The maximum atomic E-state index is 10.2. The highest BCUT2D eigenvalue weighted by Gasteiger charge is 2.60. The van der Waals surface area contributed by atoms with Crippen LogP contribution in [0.2, 0.25) is 0 Å². The van der Waals surface area contributed by atoms with E-state index in [0.29, 0.717) is 35.2 Å². The van der Waals surface area contributed by atoms with Crippen molar-refractivity contribution in [3.05, 3.63) is 12.2 Å². The van der Waals surface area contributed by atoms with Crippen LogP contribution in [0.4, 0.5) is 0 Å². The number of aliphatic hydroxyl groups is 1. The lowest BCUT2D eigenvalue weighted by molar-refractivity contribution is -0.114. The Bertz CT molecular complexity index is 565. The number of hydrogen-bond donors (Lipinski definition) is 1. The third-order valence-corrected chi connectivity index (χ3v) is 10.4. The lowest BCUT2D eigenvalue weighted by atomic mass is 9.44. The average Bonchev–Trinajstić information content (AvgIpc) is 3.02. The second-order valence-electron chi connectivity index (χ2n) is 12.0. The van der Waals surface area contributed by atoms with Gasteiger partial charge in [-0.1, -0.05) is 52.7 Å². The number of rotatable bonds is 5. The summed E-state index contributed by atoms with van der Waals surface area (Å²) in [6.45, 7) is 10.2. The number of aliphatic hydroxyl groups excluding tert-OH is 1. The molecule has 4 aliphatic rings. The summed E-state index contributed by atoms with van der Waals surface area (Å²) in [7, 11) is 0. The zero-order valence-electron chi connectivity index (χ0n) is 19.1. The van der Waals surface area contributed by atoms with Crippen LogP contribution in [-0.4, -0.2) is 11.7 Å². The van der Waals surface area contributed by atoms with Crippen LogP contribution in [0, 0.1) is 52.3 Å². The molecule has 1 heteroatoms. The van der Waals surface area contributed by atoms with Crippen molar-refractivity contribution < 1.29 is 5.11 Å². The molecular weight excluding hydrogens is 340 g/mol. The van der Waals surface area contributed by atoms with Gasteiger partial charge in [-0.2, -0.15) is 0 Å². The molecule has 0 bridgehead atoms. The third kappa shape index (κ3) is 3.42. The standard InChI is InChI=1S/C27H46O/c1-19(2)8-7-9-20(18-28)23-13-14-24-22-12-11-21-10-5-6-16-26(21,3)25(22)15-17-27(23,24)4/h7,9,19-25,28H,5-6,8,10-18H2,1-4H3/t20-,21?,22-,23+,24-,25-,26-,27+/m0/s1. The zero-order chi connectivity index (χ0) is 19.9. The van der Waals surface area contributed by atoms with E-state index >= 15 is 0 Å². The molecule has 0 amide bonds. The molecule has 0 aromatic rings. The summed E-state index contributed by atoms with van der Waals surface area (Å²) in [5.74, 6) is 5.70. The van der Waals surface area contributed by atoms with Crippen molar-refractivity contribution in [2.24, 2.45) is 52.3 Å². The first kappa shape index (κ1) is 21.0. The van der Waals surface area contributed by atoms with E-state index in [9.17, 15) is 5.11 Å². The maximum Gasteiger partial charge on any atom is 0.0496 e. The van der Waals surface area contributed by atoms with Gasteiger partial charge in [0, 0.05) is 12.5 Å². The SMILES string of the molecule is CC(C)CC=C[C@@H](CO)[C@H]1CC[C@H]2[C@@H]3CCC4CCCC[C@]4(C)[C@H]3CC[C@]12C. The molecule has 4 saturated carbocycles. The first-order valence-corrected chi connectivity index (χ1v) is 12.7. The lowest BCUT2D eigenvalue weighted by Crippen LogP contribution is -2.53. The molecule has 8 atom stereocenters. The van der Waals surface area contributed by atoms with E-state index in [4.69, 9.17) is 0 Å². The number of fused-ring (bicyclic) bond motifs is 5. The normalized spacial score (nSPS) is 47.0. The number of hydrogen-bond acceptors (Lipinski definition) is 1. The summed E-state index contributed by atoms with van der Waals surface area (Å²) < 4.78 is 0. The second-order valence-corrected chi connectivity index (χ2v) is 12.0. The van der Waals surface area contributed by atoms with E-state index in [1.807, 2.05) is 0 Å². The van der Waals surface area contributed by atoms with Crippen LogP contribution < -0.4 is 0 Å². The van der Waals surface area contributed by atoms with Gasteiger partial charge in [0.05, 0.1) is 0 Å². The van der Waals surface area contributed by atoms with Crippen LogP contribution >= 0.6 is 0 Å². The maximum absolute atomic E-state index is 10.2. The molecular formula is C27H46O. The van der Waals surface area contributed by atoms with Gasteiger partial charge in [0.15, 0.2) is 0 Å². The predicted octanol–water partition coefficient (Wildman–Crippen LogP) is 7.25. The number of allylic oxidation sites excluding steroid dienone is 1. The molecule has 1 nitrogen and oxygen atoms in total. The fraction of sp³-hybridized carbons (Fsp3) is 0.926. The quantitative estimate of drug-likeness (QED) is 0.493. The molecule has 0 spiro atoms. The highest BCUT2D eigenvalue weighted by molar-refractivity contribution is 5.11. The third-order valence-electron chi connectivity index (χ3n) is 10.4. The van der Waals surface area contributed by atoms with E-state index in [1.165, 1.54) is 64.2 Å². The van der Waals surface area contributed by atoms with Crippen LogP contribution in [0.3, 0.4) is 0 Å². The Morgan fingerprint density at radius 2 is 1.68 bits per heavy atom. The van der Waals surface area contributed by atoms with Crippen molar-refractivity contribution in [1.29, 1.82) is 0 Å². The van der Waals surface area contributed by atoms with Crippen LogP contribution in [0.5, 0.6) is 0 Å². The summed E-state index contributed by atoms with van der Waals surface area (Å²) in [4.78, 5) is 0. The molecule has 0 heterocycles. The van der Waals surface area contributed by atoms with Gasteiger partial charge in [0.25, 0.3) is 0 Å². The summed E-state index contributed by atoms with van der Waals surface area (Å²) in [5.41, 5.74) is 1.11. The van der Waals surface area contributed by atoms with Gasteiger partial charge in [0.1, 0.15) is 0 Å². The Balaban J connectivity index is 1.52. The molecule has 0 aromatic heterocycles. The largest absolute Gasteiger partial charge is 0.396 e. The van der Waals surface area contributed by atoms with Gasteiger partial charge >= 0.3 is 0 Å². The predicted molar refractivity (Wildman–Crippen MR) is 119 cm³/mol. The van der Waals surface area contributed by atoms with Gasteiger partial charge in [-0.3, -0.25) is 0 Å². The monoisotopic (exact) mass is 386 g/mol. The van der Waals surface area contributed by atoms with Crippen molar-refractivity contribution in [3.63, 3.8) is 0 Å². The Kier molecular flexibility index (Phi) is 6.05. The molecule has 0 radical (unpaired) electrons. The minimum absolute atomic E-state index is 0.343. The molecule has 28 heavy (non-hydrogen) atoms. The molecule has 0 aromatic carbocycles. The highest BCUT2D eigenvalue weighted by Crippen LogP contribution is 2.68. The summed E-state index contributed by atoms with van der Waals surface area (Å²) in [6, 6.07) is 0.